The van der Waals surface area contributed by atoms with Crippen LogP contribution in [0, 0.1) is 11.3 Å². The molecule has 0 atom stereocenters. The fraction of sp³-hybridized carbons (Fsp3) is 0. The number of halogens is 2. The van der Waals surface area contributed by atoms with Crippen LogP contribution in [0.25, 0.3) is 11.3 Å². The first-order valence-corrected chi connectivity index (χ1v) is 5.16. The van der Waals surface area contributed by atoms with Crippen LogP contribution in [0.15, 0.2) is 30.3 Å². The molecule has 2 aromatic rings. The minimum absolute atomic E-state index is 0.225. The highest BCUT2D eigenvalue weighted by Gasteiger charge is 2.10. The summed E-state index contributed by atoms with van der Waals surface area (Å²) in [4.78, 5) is 0. The Morgan fingerprint density at radius 1 is 1.12 bits per heavy atom. The van der Waals surface area contributed by atoms with Crippen LogP contribution >= 0.6 is 23.2 Å². The molecule has 0 N–H and O–H groups in total. The van der Waals surface area contributed by atoms with Crippen molar-refractivity contribution in [2.45, 2.75) is 0 Å². The summed E-state index contributed by atoms with van der Waals surface area (Å²) >= 11 is 11.7. The average molecular weight is 250 g/mol. The van der Waals surface area contributed by atoms with Crippen LogP contribution in [0.1, 0.15) is 5.56 Å². The molecule has 0 spiro atoms. The molecule has 0 radical (unpaired) electrons. The van der Waals surface area contributed by atoms with Crippen LogP contribution in [0.4, 0.5) is 0 Å². The maximum atomic E-state index is 8.96. The van der Waals surface area contributed by atoms with Gasteiger partial charge in [-0.05, 0) is 12.1 Å². The maximum absolute atomic E-state index is 8.96. The van der Waals surface area contributed by atoms with Gasteiger partial charge >= 0.3 is 0 Å². The number of hydrogen-bond acceptors (Lipinski definition) is 3. The standard InChI is InChI=1S/C11H5Cl2N3/c12-9-5-10(13)15-16-11(9)8-4-2-1-3-7(8)6-14/h1-5H. The molecule has 0 aliphatic heterocycles. The van der Waals surface area contributed by atoms with Crippen molar-refractivity contribution in [2.24, 2.45) is 0 Å². The predicted octanol–water partition coefficient (Wildman–Crippen LogP) is 3.32. The molecule has 0 unspecified atom stereocenters. The lowest BCUT2D eigenvalue weighted by molar-refractivity contribution is 1.04. The maximum Gasteiger partial charge on any atom is 0.153 e. The lowest BCUT2D eigenvalue weighted by atomic mass is 10.1. The van der Waals surface area contributed by atoms with E-state index in [4.69, 9.17) is 28.5 Å². The van der Waals surface area contributed by atoms with E-state index in [1.165, 1.54) is 6.07 Å². The molecule has 2 rings (SSSR count). The molecular weight excluding hydrogens is 245 g/mol. The molecule has 0 aliphatic rings. The van der Waals surface area contributed by atoms with Gasteiger partial charge in [-0.15, -0.1) is 10.2 Å². The van der Waals surface area contributed by atoms with E-state index in [1.54, 1.807) is 18.2 Å². The summed E-state index contributed by atoms with van der Waals surface area (Å²) < 4.78 is 0. The van der Waals surface area contributed by atoms with Gasteiger partial charge in [-0.1, -0.05) is 41.4 Å². The van der Waals surface area contributed by atoms with E-state index in [0.717, 1.165) is 0 Å². The number of nitrogens with zero attached hydrogens (tertiary/aromatic N) is 3. The van der Waals surface area contributed by atoms with E-state index in [0.29, 0.717) is 21.8 Å². The number of benzene rings is 1. The van der Waals surface area contributed by atoms with Crippen molar-refractivity contribution < 1.29 is 0 Å². The minimum atomic E-state index is 0.225. The van der Waals surface area contributed by atoms with Crippen LogP contribution in [0.3, 0.4) is 0 Å². The van der Waals surface area contributed by atoms with Gasteiger partial charge in [0.2, 0.25) is 0 Å². The lowest BCUT2D eigenvalue weighted by Crippen LogP contribution is -1.92. The Labute approximate surface area is 102 Å². The van der Waals surface area contributed by atoms with Gasteiger partial charge in [-0.3, -0.25) is 0 Å². The zero-order chi connectivity index (χ0) is 11.5. The van der Waals surface area contributed by atoms with Crippen molar-refractivity contribution in [3.8, 4) is 17.3 Å². The van der Waals surface area contributed by atoms with Gasteiger partial charge < -0.3 is 0 Å². The number of rotatable bonds is 1. The highest BCUT2D eigenvalue weighted by molar-refractivity contribution is 6.35. The molecule has 1 aromatic carbocycles. The molecule has 0 saturated heterocycles. The SMILES string of the molecule is N#Cc1ccccc1-c1nnc(Cl)cc1Cl. The second kappa shape index (κ2) is 4.48. The zero-order valence-corrected chi connectivity index (χ0v) is 9.50. The molecule has 0 aliphatic carbocycles. The van der Waals surface area contributed by atoms with Gasteiger partial charge in [0, 0.05) is 5.56 Å². The Kier molecular flexibility index (Phi) is 3.04. The molecule has 1 aromatic heterocycles. The first-order chi connectivity index (χ1) is 7.72. The summed E-state index contributed by atoms with van der Waals surface area (Å²) in [5.74, 6) is 0. The lowest BCUT2D eigenvalue weighted by Gasteiger charge is -2.04. The van der Waals surface area contributed by atoms with E-state index in [-0.39, 0.29) is 5.15 Å². The van der Waals surface area contributed by atoms with Crippen LogP contribution in [-0.2, 0) is 0 Å². The fourth-order valence-corrected chi connectivity index (χ4v) is 1.76. The molecule has 16 heavy (non-hydrogen) atoms. The Bertz CT molecular complexity index is 576. The van der Waals surface area contributed by atoms with Crippen molar-refractivity contribution in [3.63, 3.8) is 0 Å². The topological polar surface area (TPSA) is 49.6 Å². The summed E-state index contributed by atoms with van der Waals surface area (Å²) in [5.41, 5.74) is 1.61. The van der Waals surface area contributed by atoms with Gasteiger partial charge in [0.15, 0.2) is 5.15 Å². The van der Waals surface area contributed by atoms with Gasteiger partial charge in [0.25, 0.3) is 0 Å². The molecule has 5 heteroatoms. The third-order valence-corrected chi connectivity index (χ3v) is 2.49. The Morgan fingerprint density at radius 2 is 1.88 bits per heavy atom. The molecule has 0 fully saturated rings. The Morgan fingerprint density at radius 3 is 2.56 bits per heavy atom. The van der Waals surface area contributed by atoms with E-state index >= 15 is 0 Å². The van der Waals surface area contributed by atoms with Crippen molar-refractivity contribution in [1.82, 2.24) is 10.2 Å². The first-order valence-electron chi connectivity index (χ1n) is 4.40. The van der Waals surface area contributed by atoms with Crippen LogP contribution in [-0.4, -0.2) is 10.2 Å². The Balaban J connectivity index is 2.64. The van der Waals surface area contributed by atoms with Crippen molar-refractivity contribution >= 4 is 23.2 Å². The van der Waals surface area contributed by atoms with E-state index in [9.17, 15) is 0 Å². The monoisotopic (exact) mass is 249 g/mol. The van der Waals surface area contributed by atoms with Gasteiger partial charge in [0.1, 0.15) is 5.69 Å². The van der Waals surface area contributed by atoms with Crippen molar-refractivity contribution in [2.75, 3.05) is 0 Å². The largest absolute Gasteiger partial charge is 0.192 e. The van der Waals surface area contributed by atoms with E-state index in [1.807, 2.05) is 6.07 Å². The third-order valence-electron chi connectivity index (χ3n) is 2.02. The van der Waals surface area contributed by atoms with E-state index in [2.05, 4.69) is 16.3 Å². The molecule has 78 valence electrons. The van der Waals surface area contributed by atoms with Gasteiger partial charge in [0.05, 0.1) is 16.7 Å². The average Bonchev–Trinajstić information content (AvgIpc) is 2.29. The quantitative estimate of drug-likeness (QED) is 0.779. The second-order valence-electron chi connectivity index (χ2n) is 3.02. The summed E-state index contributed by atoms with van der Waals surface area (Å²) in [7, 11) is 0. The summed E-state index contributed by atoms with van der Waals surface area (Å²) in [6.07, 6.45) is 0. The molecule has 0 amide bonds. The smallest absolute Gasteiger partial charge is 0.153 e. The van der Waals surface area contributed by atoms with Gasteiger partial charge in [-0.2, -0.15) is 5.26 Å². The number of aromatic nitrogens is 2. The molecule has 3 nitrogen and oxygen atoms in total. The van der Waals surface area contributed by atoms with Crippen LogP contribution in [0.5, 0.6) is 0 Å². The number of hydrogen-bond donors (Lipinski definition) is 0. The van der Waals surface area contributed by atoms with Gasteiger partial charge in [-0.25, -0.2) is 0 Å². The summed E-state index contributed by atoms with van der Waals surface area (Å²) in [6.45, 7) is 0. The van der Waals surface area contributed by atoms with E-state index < -0.39 is 0 Å². The van der Waals surface area contributed by atoms with Crippen molar-refractivity contribution in [1.29, 1.82) is 5.26 Å². The second-order valence-corrected chi connectivity index (χ2v) is 3.82. The Hall–Kier alpha value is -1.63. The van der Waals surface area contributed by atoms with Crippen LogP contribution < -0.4 is 0 Å². The minimum Gasteiger partial charge on any atom is -0.192 e. The highest BCUT2D eigenvalue weighted by atomic mass is 35.5. The predicted molar refractivity (Wildman–Crippen MR) is 62.2 cm³/mol. The summed E-state index contributed by atoms with van der Waals surface area (Å²) in [5, 5.41) is 17.2. The molecule has 0 bridgehead atoms. The van der Waals surface area contributed by atoms with Crippen LogP contribution in [0.2, 0.25) is 10.2 Å². The normalized spacial score (nSPS) is 9.81. The zero-order valence-electron chi connectivity index (χ0n) is 7.98. The number of nitriles is 1. The summed E-state index contributed by atoms with van der Waals surface area (Å²) in [6, 6.07) is 10.6. The third kappa shape index (κ3) is 1.99. The van der Waals surface area contributed by atoms with Crippen molar-refractivity contribution in [3.05, 3.63) is 46.1 Å². The highest BCUT2D eigenvalue weighted by Crippen LogP contribution is 2.28. The molecule has 0 saturated carbocycles. The first kappa shape index (κ1) is 10.9. The molecular formula is C11H5Cl2N3. The molecule has 1 heterocycles. The fourth-order valence-electron chi connectivity index (χ4n) is 1.32.